The molecule has 0 bridgehead atoms. The van der Waals surface area contributed by atoms with Gasteiger partial charge in [0.05, 0.1) is 31.0 Å². The zero-order valence-electron chi connectivity index (χ0n) is 17.2. The first-order valence-corrected chi connectivity index (χ1v) is 9.87. The standard InChI is InChI=1S/C20H22F4N6O2/c1-30-19(31)16-12(25-11-6-3-5-10(21)17(11)32-2)9-15(28-18(16)29-30)27-14-8-4-7-13(26-14)20(22,23)24/h3-8,12,15-16,18,25,28-29H,9H2,1-2H3,(H,26,27). The number of carbonyl (C=O) groups excluding carboxylic acids is 1. The Bertz CT molecular complexity index is 1000. The molecule has 3 heterocycles. The number of para-hydroxylation sites is 1. The van der Waals surface area contributed by atoms with E-state index in [2.05, 4.69) is 26.4 Å². The Balaban J connectivity index is 1.58. The molecular weight excluding hydrogens is 432 g/mol. The Kier molecular flexibility index (Phi) is 5.82. The van der Waals surface area contributed by atoms with Crippen molar-refractivity contribution in [2.75, 3.05) is 24.8 Å². The molecule has 0 radical (unpaired) electrons. The predicted octanol–water partition coefficient (Wildman–Crippen LogP) is 2.38. The van der Waals surface area contributed by atoms with E-state index in [1.54, 1.807) is 13.1 Å². The second-order valence-corrected chi connectivity index (χ2v) is 7.61. The van der Waals surface area contributed by atoms with Crippen molar-refractivity contribution in [3.8, 4) is 5.75 Å². The third-order valence-corrected chi connectivity index (χ3v) is 5.49. The summed E-state index contributed by atoms with van der Waals surface area (Å²) < 4.78 is 58.3. The number of halogens is 4. The van der Waals surface area contributed by atoms with E-state index in [0.717, 1.165) is 6.07 Å². The topological polar surface area (TPSA) is 90.5 Å². The summed E-state index contributed by atoms with van der Waals surface area (Å²) in [5, 5.41) is 10.7. The summed E-state index contributed by atoms with van der Waals surface area (Å²) in [6, 6.07) is 7.51. The second kappa shape index (κ2) is 8.43. The second-order valence-electron chi connectivity index (χ2n) is 7.61. The van der Waals surface area contributed by atoms with Crippen molar-refractivity contribution < 1.29 is 27.1 Å². The predicted molar refractivity (Wildman–Crippen MR) is 108 cm³/mol. The van der Waals surface area contributed by atoms with Crippen molar-refractivity contribution in [1.29, 1.82) is 0 Å². The Morgan fingerprint density at radius 2 is 1.94 bits per heavy atom. The molecule has 0 saturated carbocycles. The van der Waals surface area contributed by atoms with Crippen LogP contribution in [0.1, 0.15) is 12.1 Å². The number of hydrogen-bond acceptors (Lipinski definition) is 7. The van der Waals surface area contributed by atoms with E-state index in [1.807, 2.05) is 0 Å². The molecule has 0 spiro atoms. The highest BCUT2D eigenvalue weighted by atomic mass is 19.4. The smallest absolute Gasteiger partial charge is 0.433 e. The maximum absolute atomic E-state index is 14.1. The number of rotatable bonds is 5. The van der Waals surface area contributed by atoms with Crippen LogP contribution in [-0.2, 0) is 11.0 Å². The number of fused-ring (bicyclic) bond motifs is 1. The molecule has 2 aliphatic rings. The summed E-state index contributed by atoms with van der Waals surface area (Å²) >= 11 is 0. The quantitative estimate of drug-likeness (QED) is 0.516. The van der Waals surface area contributed by atoms with Crippen LogP contribution in [0.25, 0.3) is 0 Å². The Morgan fingerprint density at radius 3 is 2.66 bits per heavy atom. The van der Waals surface area contributed by atoms with Crippen molar-refractivity contribution >= 4 is 17.4 Å². The molecule has 4 rings (SSSR count). The van der Waals surface area contributed by atoms with Crippen LogP contribution >= 0.6 is 0 Å². The number of alkyl halides is 3. The number of carbonyl (C=O) groups is 1. The van der Waals surface area contributed by atoms with Crippen molar-refractivity contribution in [2.45, 2.75) is 31.0 Å². The highest BCUT2D eigenvalue weighted by Gasteiger charge is 2.48. The molecule has 4 N–H and O–H groups in total. The monoisotopic (exact) mass is 454 g/mol. The zero-order chi connectivity index (χ0) is 23.0. The molecule has 1 aromatic heterocycles. The van der Waals surface area contributed by atoms with Gasteiger partial charge in [-0.1, -0.05) is 12.1 Å². The SMILES string of the molecule is COc1c(F)cccc1NC1CC(Nc2cccc(C(F)(F)F)n2)NC2NN(C)C(=O)C12. The number of ether oxygens (including phenoxy) is 1. The number of nitrogens with zero attached hydrogens (tertiary/aromatic N) is 2. The molecular formula is C20H22F4N6O2. The largest absolute Gasteiger partial charge is 0.492 e. The first-order valence-electron chi connectivity index (χ1n) is 9.87. The number of hydrogen-bond donors (Lipinski definition) is 4. The average Bonchev–Trinajstić information content (AvgIpc) is 3.01. The van der Waals surface area contributed by atoms with Gasteiger partial charge in [0.2, 0.25) is 5.91 Å². The van der Waals surface area contributed by atoms with E-state index in [-0.39, 0.29) is 17.5 Å². The van der Waals surface area contributed by atoms with Gasteiger partial charge in [0.15, 0.2) is 11.6 Å². The molecule has 1 aromatic carbocycles. The molecule has 12 heteroatoms. The van der Waals surface area contributed by atoms with Gasteiger partial charge in [0.1, 0.15) is 11.5 Å². The van der Waals surface area contributed by atoms with Gasteiger partial charge >= 0.3 is 6.18 Å². The van der Waals surface area contributed by atoms with Crippen LogP contribution in [0.15, 0.2) is 36.4 Å². The summed E-state index contributed by atoms with van der Waals surface area (Å²) in [5.74, 6) is -1.22. The molecule has 4 unspecified atom stereocenters. The van der Waals surface area contributed by atoms with Crippen LogP contribution in [0, 0.1) is 11.7 Å². The molecule has 1 amide bonds. The van der Waals surface area contributed by atoms with Crippen LogP contribution in [0.4, 0.5) is 29.1 Å². The third kappa shape index (κ3) is 4.28. The molecule has 2 aliphatic heterocycles. The van der Waals surface area contributed by atoms with Gasteiger partial charge in [-0.3, -0.25) is 15.1 Å². The lowest BCUT2D eigenvalue weighted by Crippen LogP contribution is -2.60. The van der Waals surface area contributed by atoms with Crippen LogP contribution in [-0.4, -0.2) is 48.4 Å². The number of amides is 1. The van der Waals surface area contributed by atoms with Gasteiger partial charge in [-0.2, -0.15) is 13.2 Å². The Labute approximate surface area is 181 Å². The summed E-state index contributed by atoms with van der Waals surface area (Å²) in [5.41, 5.74) is 2.36. The minimum atomic E-state index is -4.57. The van der Waals surface area contributed by atoms with E-state index in [1.165, 1.54) is 36.4 Å². The van der Waals surface area contributed by atoms with Crippen molar-refractivity contribution in [3.05, 3.63) is 47.9 Å². The summed E-state index contributed by atoms with van der Waals surface area (Å²) in [4.78, 5) is 16.3. The lowest BCUT2D eigenvalue weighted by Gasteiger charge is -2.39. The molecule has 0 aliphatic carbocycles. The van der Waals surface area contributed by atoms with Crippen LogP contribution in [0.2, 0.25) is 0 Å². The number of methoxy groups -OCH3 is 1. The van der Waals surface area contributed by atoms with Gasteiger partial charge in [-0.15, -0.1) is 0 Å². The number of hydrazine groups is 1. The highest BCUT2D eigenvalue weighted by Crippen LogP contribution is 2.34. The molecule has 2 fully saturated rings. The zero-order valence-corrected chi connectivity index (χ0v) is 17.2. The van der Waals surface area contributed by atoms with Crippen LogP contribution < -0.4 is 26.1 Å². The van der Waals surface area contributed by atoms with E-state index < -0.39 is 42.0 Å². The van der Waals surface area contributed by atoms with Gasteiger partial charge < -0.3 is 15.4 Å². The fourth-order valence-corrected chi connectivity index (χ4v) is 4.08. The Hall–Kier alpha value is -3.12. The first-order chi connectivity index (χ1) is 15.2. The van der Waals surface area contributed by atoms with Gasteiger partial charge in [-0.05, 0) is 24.3 Å². The molecule has 172 valence electrons. The summed E-state index contributed by atoms with van der Waals surface area (Å²) in [7, 11) is 2.92. The van der Waals surface area contributed by atoms with E-state index >= 15 is 0 Å². The van der Waals surface area contributed by atoms with Crippen LogP contribution in [0.3, 0.4) is 0 Å². The minimum Gasteiger partial charge on any atom is -0.492 e. The molecule has 8 nitrogen and oxygen atoms in total. The summed E-state index contributed by atoms with van der Waals surface area (Å²) in [6.45, 7) is 0. The highest BCUT2D eigenvalue weighted by molar-refractivity contribution is 5.82. The molecule has 32 heavy (non-hydrogen) atoms. The Morgan fingerprint density at radius 1 is 1.19 bits per heavy atom. The van der Waals surface area contributed by atoms with E-state index in [9.17, 15) is 22.4 Å². The van der Waals surface area contributed by atoms with E-state index in [4.69, 9.17) is 4.74 Å². The first kappa shape index (κ1) is 22.1. The van der Waals surface area contributed by atoms with Crippen LogP contribution in [0.5, 0.6) is 5.75 Å². The molecule has 2 saturated heterocycles. The third-order valence-electron chi connectivity index (χ3n) is 5.49. The van der Waals surface area contributed by atoms with E-state index in [0.29, 0.717) is 12.1 Å². The molecule has 2 aromatic rings. The maximum Gasteiger partial charge on any atom is 0.433 e. The van der Waals surface area contributed by atoms with Crippen molar-refractivity contribution in [3.63, 3.8) is 0 Å². The maximum atomic E-state index is 14.1. The number of piperidine rings is 1. The number of benzene rings is 1. The number of aromatic nitrogens is 1. The van der Waals surface area contributed by atoms with Gasteiger partial charge in [0, 0.05) is 19.5 Å². The minimum absolute atomic E-state index is 0.0124. The van der Waals surface area contributed by atoms with Gasteiger partial charge in [0.25, 0.3) is 0 Å². The summed E-state index contributed by atoms with van der Waals surface area (Å²) in [6.07, 6.45) is -5.30. The number of pyridine rings is 1. The lowest BCUT2D eigenvalue weighted by atomic mass is 9.88. The number of anilines is 2. The van der Waals surface area contributed by atoms with Crippen molar-refractivity contribution in [2.24, 2.45) is 5.92 Å². The fraction of sp³-hybridized carbons (Fsp3) is 0.400. The fourth-order valence-electron chi connectivity index (χ4n) is 4.08. The normalized spacial score (nSPS) is 25.4. The van der Waals surface area contributed by atoms with Crippen molar-refractivity contribution in [1.82, 2.24) is 20.7 Å². The average molecular weight is 454 g/mol. The molecule has 4 atom stereocenters. The van der Waals surface area contributed by atoms with Gasteiger partial charge in [-0.25, -0.2) is 14.8 Å². The lowest BCUT2D eigenvalue weighted by molar-refractivity contribution is -0.141. The number of nitrogens with one attached hydrogen (secondary N) is 4.